The van der Waals surface area contributed by atoms with E-state index in [1.54, 1.807) is 11.7 Å². The second-order valence-electron chi connectivity index (χ2n) is 7.37. The third kappa shape index (κ3) is 5.87. The van der Waals surface area contributed by atoms with Crippen LogP contribution in [0.5, 0.6) is 11.5 Å². The van der Waals surface area contributed by atoms with E-state index in [4.69, 9.17) is 21.7 Å². The molecular weight excluding hydrogens is 436 g/mol. The highest BCUT2D eigenvalue weighted by Crippen LogP contribution is 2.21. The van der Waals surface area contributed by atoms with Crippen molar-refractivity contribution in [3.63, 3.8) is 0 Å². The highest BCUT2D eigenvalue weighted by atomic mass is 32.1. The van der Waals surface area contributed by atoms with Crippen molar-refractivity contribution in [2.75, 3.05) is 7.11 Å². The molecule has 168 valence electrons. The molecule has 3 aromatic carbocycles. The van der Waals surface area contributed by atoms with Crippen molar-refractivity contribution in [1.82, 2.24) is 20.1 Å². The summed E-state index contributed by atoms with van der Waals surface area (Å²) in [5.41, 5.74) is 2.88. The Hall–Kier alpha value is -3.91. The number of aromatic nitrogens is 3. The summed E-state index contributed by atoms with van der Waals surface area (Å²) in [6.07, 6.45) is 0. The molecule has 0 bridgehead atoms. The van der Waals surface area contributed by atoms with Gasteiger partial charge in [0.15, 0.2) is 10.6 Å². The van der Waals surface area contributed by atoms with Crippen molar-refractivity contribution in [3.05, 3.63) is 94.8 Å². The minimum atomic E-state index is -0.169. The van der Waals surface area contributed by atoms with Gasteiger partial charge in [0.2, 0.25) is 5.91 Å². The Labute approximate surface area is 197 Å². The Morgan fingerprint density at radius 2 is 1.76 bits per heavy atom. The normalized spacial score (nSPS) is 10.6. The lowest BCUT2D eigenvalue weighted by Gasteiger charge is -2.10. The second kappa shape index (κ2) is 10.6. The Morgan fingerprint density at radius 1 is 1.00 bits per heavy atom. The van der Waals surface area contributed by atoms with Crippen LogP contribution in [0.15, 0.2) is 78.9 Å². The van der Waals surface area contributed by atoms with Crippen molar-refractivity contribution in [3.8, 4) is 22.9 Å². The molecule has 0 saturated carbocycles. The van der Waals surface area contributed by atoms with E-state index in [9.17, 15) is 4.79 Å². The predicted octanol–water partition coefficient (Wildman–Crippen LogP) is 4.51. The van der Waals surface area contributed by atoms with E-state index in [0.29, 0.717) is 23.7 Å². The molecular formula is C25H24N4O3S. The largest absolute Gasteiger partial charge is 0.497 e. The zero-order valence-corrected chi connectivity index (χ0v) is 19.0. The molecule has 4 aromatic rings. The van der Waals surface area contributed by atoms with Crippen molar-refractivity contribution in [2.45, 2.75) is 19.7 Å². The van der Waals surface area contributed by atoms with Crippen LogP contribution < -0.4 is 14.8 Å². The number of carbonyl (C=O) groups is 1. The Kier molecular flexibility index (Phi) is 7.16. The number of rotatable bonds is 9. The topological polar surface area (TPSA) is 81.2 Å². The molecule has 1 amide bonds. The van der Waals surface area contributed by atoms with Gasteiger partial charge in [-0.05, 0) is 59.7 Å². The van der Waals surface area contributed by atoms with Crippen LogP contribution in [0.25, 0.3) is 11.4 Å². The number of nitrogens with one attached hydrogen (secondary N) is 2. The number of nitrogens with zero attached hydrogens (tertiary/aromatic N) is 2. The summed E-state index contributed by atoms with van der Waals surface area (Å²) in [6, 6.07) is 25.1. The first-order chi connectivity index (χ1) is 16.1. The zero-order valence-electron chi connectivity index (χ0n) is 18.2. The molecule has 0 spiro atoms. The van der Waals surface area contributed by atoms with Gasteiger partial charge in [-0.2, -0.15) is 5.10 Å². The van der Waals surface area contributed by atoms with Crippen LogP contribution in [0.1, 0.15) is 11.1 Å². The summed E-state index contributed by atoms with van der Waals surface area (Å²) in [5.74, 6) is 1.92. The first-order valence-electron chi connectivity index (χ1n) is 10.4. The number of hydrogen-bond acceptors (Lipinski definition) is 5. The van der Waals surface area contributed by atoms with Gasteiger partial charge >= 0.3 is 0 Å². The zero-order chi connectivity index (χ0) is 23.0. The predicted molar refractivity (Wildman–Crippen MR) is 128 cm³/mol. The Morgan fingerprint density at radius 3 is 2.52 bits per heavy atom. The van der Waals surface area contributed by atoms with E-state index < -0.39 is 0 Å². The van der Waals surface area contributed by atoms with Gasteiger partial charge in [0.25, 0.3) is 0 Å². The molecule has 1 heterocycles. The minimum Gasteiger partial charge on any atom is -0.497 e. The molecule has 0 aliphatic rings. The molecule has 0 unspecified atom stereocenters. The first-order valence-corrected chi connectivity index (χ1v) is 10.8. The van der Waals surface area contributed by atoms with Gasteiger partial charge in [-0.25, -0.2) is 0 Å². The standard InChI is InChI=1S/C25H24N4O3S/c1-31-21-12-10-20(11-13-21)24-27-28-25(33)29(24)16-23(30)26-15-19-8-5-9-22(14-19)32-17-18-6-3-2-4-7-18/h2-14H,15-17H2,1H3,(H,26,30)(H,28,33). The van der Waals surface area contributed by atoms with E-state index in [1.807, 2.05) is 78.9 Å². The SMILES string of the molecule is COc1ccc(-c2n[nH]c(=S)n2CC(=O)NCc2cccc(OCc3ccccc3)c2)cc1. The fourth-order valence-corrected chi connectivity index (χ4v) is 3.51. The molecule has 0 aliphatic carbocycles. The van der Waals surface area contributed by atoms with Gasteiger partial charge in [-0.15, -0.1) is 0 Å². The maximum Gasteiger partial charge on any atom is 0.240 e. The van der Waals surface area contributed by atoms with Gasteiger partial charge in [-0.1, -0.05) is 42.5 Å². The van der Waals surface area contributed by atoms with E-state index in [0.717, 1.165) is 28.2 Å². The lowest BCUT2D eigenvalue weighted by Crippen LogP contribution is -2.27. The molecule has 0 atom stereocenters. The van der Waals surface area contributed by atoms with Gasteiger partial charge in [0.05, 0.1) is 7.11 Å². The average Bonchev–Trinajstić information content (AvgIpc) is 3.22. The van der Waals surface area contributed by atoms with Gasteiger partial charge in [0, 0.05) is 12.1 Å². The maximum absolute atomic E-state index is 12.6. The summed E-state index contributed by atoms with van der Waals surface area (Å²) in [7, 11) is 1.61. The molecule has 0 fully saturated rings. The number of amides is 1. The highest BCUT2D eigenvalue weighted by molar-refractivity contribution is 7.71. The van der Waals surface area contributed by atoms with Crippen LogP contribution >= 0.6 is 12.2 Å². The number of benzene rings is 3. The number of hydrogen-bond donors (Lipinski definition) is 2. The third-order valence-electron chi connectivity index (χ3n) is 5.04. The smallest absolute Gasteiger partial charge is 0.240 e. The fourth-order valence-electron chi connectivity index (χ4n) is 3.31. The Bertz CT molecular complexity index is 1270. The summed E-state index contributed by atoms with van der Waals surface area (Å²) >= 11 is 5.33. The number of carbonyl (C=O) groups excluding carboxylic acids is 1. The minimum absolute atomic E-state index is 0.0564. The van der Waals surface area contributed by atoms with Crippen molar-refractivity contribution in [1.29, 1.82) is 0 Å². The first kappa shape index (κ1) is 22.3. The van der Waals surface area contributed by atoms with Crippen molar-refractivity contribution in [2.24, 2.45) is 0 Å². The van der Waals surface area contributed by atoms with Crippen LogP contribution in [0.4, 0.5) is 0 Å². The van der Waals surface area contributed by atoms with Crippen molar-refractivity contribution >= 4 is 18.1 Å². The van der Waals surface area contributed by atoms with E-state index >= 15 is 0 Å². The summed E-state index contributed by atoms with van der Waals surface area (Å²) < 4.78 is 13.1. The van der Waals surface area contributed by atoms with Crippen LogP contribution in [-0.2, 0) is 24.5 Å². The fraction of sp³-hybridized carbons (Fsp3) is 0.160. The molecule has 0 radical (unpaired) electrons. The lowest BCUT2D eigenvalue weighted by atomic mass is 10.2. The van der Waals surface area contributed by atoms with Gasteiger partial charge < -0.3 is 14.8 Å². The molecule has 7 nitrogen and oxygen atoms in total. The summed E-state index contributed by atoms with van der Waals surface area (Å²) in [4.78, 5) is 12.6. The number of methoxy groups -OCH3 is 1. The summed E-state index contributed by atoms with van der Waals surface area (Å²) in [5, 5.41) is 9.98. The molecule has 33 heavy (non-hydrogen) atoms. The second-order valence-corrected chi connectivity index (χ2v) is 7.75. The number of aromatic amines is 1. The van der Waals surface area contributed by atoms with E-state index in [2.05, 4.69) is 15.5 Å². The van der Waals surface area contributed by atoms with E-state index in [-0.39, 0.29) is 12.5 Å². The van der Waals surface area contributed by atoms with Crippen molar-refractivity contribution < 1.29 is 14.3 Å². The van der Waals surface area contributed by atoms with Crippen LogP contribution in [-0.4, -0.2) is 27.8 Å². The highest BCUT2D eigenvalue weighted by Gasteiger charge is 2.12. The molecule has 1 aromatic heterocycles. The number of ether oxygens (including phenoxy) is 2. The molecule has 2 N–H and O–H groups in total. The molecule has 0 aliphatic heterocycles. The maximum atomic E-state index is 12.6. The Balaban J connectivity index is 1.36. The van der Waals surface area contributed by atoms with Crippen LogP contribution in [0.2, 0.25) is 0 Å². The summed E-state index contributed by atoms with van der Waals surface area (Å²) in [6.45, 7) is 0.925. The lowest BCUT2D eigenvalue weighted by molar-refractivity contribution is -0.121. The van der Waals surface area contributed by atoms with Gasteiger partial charge in [-0.3, -0.25) is 14.5 Å². The molecule has 4 rings (SSSR count). The van der Waals surface area contributed by atoms with E-state index in [1.165, 1.54) is 0 Å². The van der Waals surface area contributed by atoms with Crippen LogP contribution in [0.3, 0.4) is 0 Å². The quantitative estimate of drug-likeness (QED) is 0.359. The monoisotopic (exact) mass is 460 g/mol. The average molecular weight is 461 g/mol. The molecule has 0 saturated heterocycles. The molecule has 8 heteroatoms. The number of H-pyrrole nitrogens is 1. The van der Waals surface area contributed by atoms with Gasteiger partial charge in [0.1, 0.15) is 24.7 Å². The van der Waals surface area contributed by atoms with Crippen LogP contribution in [0, 0.1) is 4.77 Å². The third-order valence-corrected chi connectivity index (χ3v) is 5.36.